The van der Waals surface area contributed by atoms with Crippen LogP contribution in [0, 0.1) is 5.41 Å². The van der Waals surface area contributed by atoms with Gasteiger partial charge in [0.1, 0.15) is 0 Å². The molecule has 0 aliphatic heterocycles. The van der Waals surface area contributed by atoms with Crippen LogP contribution in [0.1, 0.15) is 60.0 Å². The lowest BCUT2D eigenvalue weighted by molar-refractivity contribution is 0.0804. The van der Waals surface area contributed by atoms with Gasteiger partial charge in [0.25, 0.3) is 0 Å². The van der Waals surface area contributed by atoms with Crippen LogP contribution in [0.2, 0.25) is 0 Å². The van der Waals surface area contributed by atoms with E-state index in [4.69, 9.17) is 0 Å². The number of carbonyl (C=O) groups is 2. The molecular formula is C13H17NO2. The second-order valence-electron chi connectivity index (χ2n) is 5.05. The third-order valence-electron chi connectivity index (χ3n) is 3.43. The first-order valence-corrected chi connectivity index (χ1v) is 5.75. The van der Waals surface area contributed by atoms with Gasteiger partial charge in [0.15, 0.2) is 11.6 Å². The van der Waals surface area contributed by atoms with E-state index in [1.165, 1.54) is 0 Å². The number of nitrogens with one attached hydrogen (secondary N) is 1. The molecule has 86 valence electrons. The Morgan fingerprint density at radius 1 is 1.50 bits per heavy atom. The van der Waals surface area contributed by atoms with Crippen LogP contribution < -0.4 is 0 Å². The summed E-state index contributed by atoms with van der Waals surface area (Å²) in [5.74, 6) is 0.148. The van der Waals surface area contributed by atoms with Crippen LogP contribution in [-0.4, -0.2) is 16.6 Å². The van der Waals surface area contributed by atoms with Gasteiger partial charge in [-0.2, -0.15) is 0 Å². The number of hydrogen-bond acceptors (Lipinski definition) is 2. The molecule has 0 atom stereocenters. The van der Waals surface area contributed by atoms with Gasteiger partial charge in [-0.3, -0.25) is 9.59 Å². The van der Waals surface area contributed by atoms with Crippen molar-refractivity contribution in [2.75, 3.05) is 0 Å². The maximum absolute atomic E-state index is 12.3. The monoisotopic (exact) mass is 219 g/mol. The lowest BCUT2D eigenvalue weighted by Gasteiger charge is -2.28. The Bertz CT molecular complexity index is 454. The molecule has 0 radical (unpaired) electrons. The second kappa shape index (κ2) is 3.58. The van der Waals surface area contributed by atoms with Crippen molar-refractivity contribution in [3.05, 3.63) is 23.0 Å². The Morgan fingerprint density at radius 2 is 2.19 bits per heavy atom. The molecule has 0 bridgehead atoms. The maximum atomic E-state index is 12.3. The highest BCUT2D eigenvalue weighted by Crippen LogP contribution is 2.36. The Labute approximate surface area is 95.2 Å². The molecule has 1 N–H and O–H groups in total. The van der Waals surface area contributed by atoms with Crippen molar-refractivity contribution < 1.29 is 9.59 Å². The van der Waals surface area contributed by atoms with Gasteiger partial charge >= 0.3 is 0 Å². The zero-order valence-electron chi connectivity index (χ0n) is 10.0. The molecule has 0 saturated carbocycles. The van der Waals surface area contributed by atoms with Crippen molar-refractivity contribution in [2.24, 2.45) is 5.41 Å². The molecule has 1 heterocycles. The van der Waals surface area contributed by atoms with Crippen molar-refractivity contribution >= 4 is 11.6 Å². The fourth-order valence-electron chi connectivity index (χ4n) is 2.22. The molecular weight excluding hydrogens is 202 g/mol. The quantitative estimate of drug-likeness (QED) is 0.777. The lowest BCUT2D eigenvalue weighted by atomic mass is 9.74. The van der Waals surface area contributed by atoms with Gasteiger partial charge in [-0.1, -0.05) is 20.8 Å². The average molecular weight is 219 g/mol. The minimum absolute atomic E-state index is 0.0450. The molecule has 2 rings (SSSR count). The van der Waals surface area contributed by atoms with Crippen molar-refractivity contribution in [3.63, 3.8) is 0 Å². The van der Waals surface area contributed by atoms with Gasteiger partial charge < -0.3 is 4.98 Å². The highest BCUT2D eigenvalue weighted by Gasteiger charge is 2.37. The number of carbonyl (C=O) groups excluding carboxylic acids is 2. The standard InChI is InChI=1S/C13H17NO2/c1-4-10(15)8-7-14-9-5-6-13(2,3)12(16)11(8)9/h7,14H,4-6H2,1-3H3. The van der Waals surface area contributed by atoms with Gasteiger partial charge in [-0.05, 0) is 12.8 Å². The molecule has 0 spiro atoms. The predicted octanol–water partition coefficient (Wildman–Crippen LogP) is 2.76. The van der Waals surface area contributed by atoms with E-state index < -0.39 is 0 Å². The molecule has 3 heteroatoms. The van der Waals surface area contributed by atoms with Crippen LogP contribution in [0.4, 0.5) is 0 Å². The van der Waals surface area contributed by atoms with Crippen molar-refractivity contribution in [3.8, 4) is 0 Å². The summed E-state index contributed by atoms with van der Waals surface area (Å²) in [7, 11) is 0. The topological polar surface area (TPSA) is 49.9 Å². The first-order chi connectivity index (χ1) is 7.47. The summed E-state index contributed by atoms with van der Waals surface area (Å²) in [6, 6.07) is 0. The van der Waals surface area contributed by atoms with Crippen LogP contribution >= 0.6 is 0 Å². The van der Waals surface area contributed by atoms with Crippen LogP contribution in [0.15, 0.2) is 6.20 Å². The fourth-order valence-corrected chi connectivity index (χ4v) is 2.22. The Hall–Kier alpha value is -1.38. The summed E-state index contributed by atoms with van der Waals surface area (Å²) >= 11 is 0. The van der Waals surface area contributed by atoms with E-state index in [-0.39, 0.29) is 17.0 Å². The summed E-state index contributed by atoms with van der Waals surface area (Å²) in [6.45, 7) is 5.72. The molecule has 1 aromatic heterocycles. The number of H-pyrrole nitrogens is 1. The number of Topliss-reactive ketones (excluding diaryl/α,β-unsaturated/α-hetero) is 2. The minimum Gasteiger partial charge on any atom is -0.364 e. The van der Waals surface area contributed by atoms with Gasteiger partial charge in [-0.25, -0.2) is 0 Å². The van der Waals surface area contributed by atoms with Crippen LogP contribution in [0.25, 0.3) is 0 Å². The van der Waals surface area contributed by atoms with Gasteiger partial charge in [0.05, 0.1) is 0 Å². The molecule has 1 aliphatic rings. The molecule has 3 nitrogen and oxygen atoms in total. The summed E-state index contributed by atoms with van der Waals surface area (Å²) in [5.41, 5.74) is 1.82. The molecule has 1 aromatic rings. The van der Waals surface area contributed by atoms with Crippen molar-refractivity contribution in [2.45, 2.75) is 40.0 Å². The third kappa shape index (κ3) is 1.51. The van der Waals surface area contributed by atoms with E-state index in [0.29, 0.717) is 17.5 Å². The molecule has 1 aliphatic carbocycles. The van der Waals surface area contributed by atoms with Crippen LogP contribution in [-0.2, 0) is 6.42 Å². The molecule has 0 unspecified atom stereocenters. The highest BCUT2D eigenvalue weighted by molar-refractivity contribution is 6.12. The molecule has 0 aromatic carbocycles. The Balaban J connectivity index is 2.53. The number of aromatic nitrogens is 1. The average Bonchev–Trinajstić information content (AvgIpc) is 2.67. The van der Waals surface area contributed by atoms with Crippen LogP contribution in [0.5, 0.6) is 0 Å². The third-order valence-corrected chi connectivity index (χ3v) is 3.43. The first kappa shape index (κ1) is 11.1. The maximum Gasteiger partial charge on any atom is 0.170 e. The second-order valence-corrected chi connectivity index (χ2v) is 5.05. The molecule has 16 heavy (non-hydrogen) atoms. The first-order valence-electron chi connectivity index (χ1n) is 5.75. The van der Waals surface area contributed by atoms with E-state index in [2.05, 4.69) is 4.98 Å². The number of hydrogen-bond donors (Lipinski definition) is 1. The lowest BCUT2D eigenvalue weighted by Crippen LogP contribution is -2.31. The van der Waals surface area contributed by atoms with Gasteiger partial charge in [0, 0.05) is 34.9 Å². The number of aromatic amines is 1. The number of rotatable bonds is 2. The smallest absolute Gasteiger partial charge is 0.170 e. The normalized spacial score (nSPS) is 18.3. The Morgan fingerprint density at radius 3 is 2.81 bits per heavy atom. The van der Waals surface area contributed by atoms with Crippen LogP contribution in [0.3, 0.4) is 0 Å². The summed E-state index contributed by atoms with van der Waals surface area (Å²) in [4.78, 5) is 27.1. The van der Waals surface area contributed by atoms with E-state index in [9.17, 15) is 9.59 Å². The molecule has 0 saturated heterocycles. The molecule has 0 fully saturated rings. The van der Waals surface area contributed by atoms with E-state index in [1.54, 1.807) is 6.20 Å². The zero-order valence-corrected chi connectivity index (χ0v) is 10.0. The van der Waals surface area contributed by atoms with Crippen molar-refractivity contribution in [1.29, 1.82) is 0 Å². The van der Waals surface area contributed by atoms with Crippen molar-refractivity contribution in [1.82, 2.24) is 4.98 Å². The van der Waals surface area contributed by atoms with E-state index in [0.717, 1.165) is 18.5 Å². The van der Waals surface area contributed by atoms with E-state index in [1.807, 2.05) is 20.8 Å². The minimum atomic E-state index is -0.335. The van der Waals surface area contributed by atoms with E-state index >= 15 is 0 Å². The fraction of sp³-hybridized carbons (Fsp3) is 0.538. The molecule has 0 amide bonds. The summed E-state index contributed by atoms with van der Waals surface area (Å²) in [6.07, 6.45) is 3.83. The largest absolute Gasteiger partial charge is 0.364 e. The summed E-state index contributed by atoms with van der Waals surface area (Å²) in [5, 5.41) is 0. The zero-order chi connectivity index (χ0) is 11.9. The summed E-state index contributed by atoms with van der Waals surface area (Å²) < 4.78 is 0. The SMILES string of the molecule is CCC(=O)c1c[nH]c2c1C(=O)C(C)(C)CC2. The number of fused-ring (bicyclic) bond motifs is 1. The Kier molecular flexibility index (Phi) is 2.49. The van der Waals surface area contributed by atoms with Gasteiger partial charge in [0.2, 0.25) is 0 Å². The van der Waals surface area contributed by atoms with Gasteiger partial charge in [-0.15, -0.1) is 0 Å². The predicted molar refractivity (Wildman–Crippen MR) is 61.8 cm³/mol. The number of ketones is 2. The number of aryl methyl sites for hydroxylation is 1. The highest BCUT2D eigenvalue weighted by atomic mass is 16.1.